The van der Waals surface area contributed by atoms with E-state index in [0.29, 0.717) is 6.42 Å². The number of alkyl halides is 2. The van der Waals surface area contributed by atoms with E-state index in [-0.39, 0.29) is 11.9 Å². The van der Waals surface area contributed by atoms with Crippen LogP contribution in [0, 0.1) is 19.3 Å². The van der Waals surface area contributed by atoms with Gasteiger partial charge in [-0.25, -0.2) is 0 Å². The minimum atomic E-state index is -0.918. The molecule has 2 atom stereocenters. The molecule has 1 amide bonds. The first-order valence-electron chi connectivity index (χ1n) is 6.43. The monoisotopic (exact) mass is 299 g/mol. The highest BCUT2D eigenvalue weighted by Gasteiger charge is 2.67. The highest BCUT2D eigenvalue weighted by atomic mass is 35.5. The Morgan fingerprint density at radius 1 is 1.37 bits per heavy atom. The molecule has 4 heteroatoms. The molecule has 0 heterocycles. The number of rotatable bonds is 3. The van der Waals surface area contributed by atoms with E-state index in [4.69, 9.17) is 23.2 Å². The van der Waals surface area contributed by atoms with Gasteiger partial charge in [0.25, 0.3) is 0 Å². The topological polar surface area (TPSA) is 29.1 Å². The molecule has 0 aromatic heterocycles. The van der Waals surface area contributed by atoms with Gasteiger partial charge in [-0.05, 0) is 45.2 Å². The van der Waals surface area contributed by atoms with Gasteiger partial charge in [0.2, 0.25) is 5.91 Å². The number of halogens is 2. The van der Waals surface area contributed by atoms with Crippen molar-refractivity contribution in [3.63, 3.8) is 0 Å². The largest absolute Gasteiger partial charge is 0.349 e. The molecule has 1 aromatic carbocycles. The van der Waals surface area contributed by atoms with E-state index in [1.807, 2.05) is 20.8 Å². The highest BCUT2D eigenvalue weighted by molar-refractivity contribution is 6.53. The molecule has 1 aromatic rings. The first-order chi connectivity index (χ1) is 8.67. The van der Waals surface area contributed by atoms with Crippen LogP contribution in [0.5, 0.6) is 0 Å². The van der Waals surface area contributed by atoms with Crippen molar-refractivity contribution in [1.29, 1.82) is 0 Å². The van der Waals surface area contributed by atoms with Crippen LogP contribution in [0.4, 0.5) is 0 Å². The van der Waals surface area contributed by atoms with Crippen LogP contribution in [0.15, 0.2) is 18.2 Å². The second kappa shape index (κ2) is 4.68. The van der Waals surface area contributed by atoms with E-state index in [2.05, 4.69) is 23.5 Å². The lowest BCUT2D eigenvalue weighted by molar-refractivity contribution is -0.126. The van der Waals surface area contributed by atoms with E-state index in [9.17, 15) is 4.79 Å². The smallest absolute Gasteiger partial charge is 0.229 e. The van der Waals surface area contributed by atoms with Crippen LogP contribution in [0.2, 0.25) is 0 Å². The maximum absolute atomic E-state index is 12.2. The van der Waals surface area contributed by atoms with Gasteiger partial charge in [-0.15, -0.1) is 23.2 Å². The van der Waals surface area contributed by atoms with Crippen LogP contribution in [0.3, 0.4) is 0 Å². The van der Waals surface area contributed by atoms with E-state index in [0.717, 1.165) is 5.56 Å². The van der Waals surface area contributed by atoms with Crippen LogP contribution >= 0.6 is 23.2 Å². The number of hydrogen-bond donors (Lipinski definition) is 1. The number of carbonyl (C=O) groups is 1. The fourth-order valence-corrected chi connectivity index (χ4v) is 3.01. The summed E-state index contributed by atoms with van der Waals surface area (Å²) in [7, 11) is 0. The van der Waals surface area contributed by atoms with Crippen LogP contribution in [0.1, 0.15) is 43.0 Å². The van der Waals surface area contributed by atoms with E-state index >= 15 is 0 Å². The van der Waals surface area contributed by atoms with Gasteiger partial charge in [0, 0.05) is 0 Å². The molecule has 104 valence electrons. The fraction of sp³-hybridized carbons (Fsp3) is 0.533. The summed E-state index contributed by atoms with van der Waals surface area (Å²) in [4.78, 5) is 12.2. The van der Waals surface area contributed by atoms with Crippen molar-refractivity contribution < 1.29 is 4.79 Å². The Balaban J connectivity index is 2.12. The van der Waals surface area contributed by atoms with Crippen LogP contribution in [-0.2, 0) is 4.79 Å². The van der Waals surface area contributed by atoms with Crippen molar-refractivity contribution in [2.24, 2.45) is 5.41 Å². The molecular weight excluding hydrogens is 281 g/mol. The van der Waals surface area contributed by atoms with Gasteiger partial charge in [0.05, 0.1) is 11.5 Å². The average Bonchev–Trinajstić information content (AvgIpc) is 2.83. The zero-order valence-corrected chi connectivity index (χ0v) is 13.2. The molecule has 0 bridgehead atoms. The summed E-state index contributed by atoms with van der Waals surface area (Å²) in [5, 5.41) is 3.01. The number of carbonyl (C=O) groups excluding carboxylic acids is 1. The summed E-state index contributed by atoms with van der Waals surface area (Å²) in [6.07, 6.45) is 0.508. The average molecular weight is 300 g/mol. The van der Waals surface area contributed by atoms with Gasteiger partial charge < -0.3 is 5.32 Å². The predicted molar refractivity (Wildman–Crippen MR) is 79.6 cm³/mol. The zero-order chi connectivity index (χ0) is 14.4. The van der Waals surface area contributed by atoms with Gasteiger partial charge in [0.1, 0.15) is 4.33 Å². The molecule has 2 nitrogen and oxygen atoms in total. The summed E-state index contributed by atoms with van der Waals surface area (Å²) in [6.45, 7) is 7.87. The van der Waals surface area contributed by atoms with E-state index in [1.165, 1.54) is 11.1 Å². The van der Waals surface area contributed by atoms with Gasteiger partial charge in [-0.1, -0.05) is 23.8 Å². The highest BCUT2D eigenvalue weighted by Crippen LogP contribution is 2.63. The quantitative estimate of drug-likeness (QED) is 0.838. The van der Waals surface area contributed by atoms with Crippen molar-refractivity contribution in [2.45, 2.75) is 44.5 Å². The summed E-state index contributed by atoms with van der Waals surface area (Å²) >= 11 is 12.1. The van der Waals surface area contributed by atoms with Gasteiger partial charge >= 0.3 is 0 Å². The summed E-state index contributed by atoms with van der Waals surface area (Å²) in [5.41, 5.74) is 2.82. The number of nitrogens with one attached hydrogen (secondary N) is 1. The second-order valence-electron chi connectivity index (χ2n) is 5.77. The zero-order valence-electron chi connectivity index (χ0n) is 11.7. The first-order valence-corrected chi connectivity index (χ1v) is 7.19. The standard InChI is InChI=1S/C15H19Cl2NO/c1-9-5-6-10(2)12(7-9)11(3)18-13(19)14(4)8-15(14,16)17/h5-7,11H,8H2,1-4H3,(H,18,19)/t11-,14+/m0/s1. The minimum Gasteiger partial charge on any atom is -0.349 e. The Hall–Kier alpha value is -0.730. The van der Waals surface area contributed by atoms with Gasteiger partial charge in [0.15, 0.2) is 0 Å². The summed E-state index contributed by atoms with van der Waals surface area (Å²) in [5.74, 6) is -0.0779. The molecule has 1 N–H and O–H groups in total. The Morgan fingerprint density at radius 2 is 1.95 bits per heavy atom. The minimum absolute atomic E-state index is 0.0473. The Bertz CT molecular complexity index is 527. The molecule has 0 unspecified atom stereocenters. The van der Waals surface area contributed by atoms with Crippen molar-refractivity contribution in [3.05, 3.63) is 34.9 Å². The molecule has 1 aliphatic carbocycles. The van der Waals surface area contributed by atoms with Crippen molar-refractivity contribution in [3.8, 4) is 0 Å². The van der Waals surface area contributed by atoms with E-state index < -0.39 is 9.75 Å². The van der Waals surface area contributed by atoms with Gasteiger partial charge in [-0.2, -0.15) is 0 Å². The second-order valence-corrected chi connectivity index (χ2v) is 7.25. The SMILES string of the molecule is Cc1ccc(C)c([C@H](C)NC(=O)[C@@]2(C)CC2(Cl)Cl)c1. The third-order valence-electron chi connectivity index (χ3n) is 4.01. The number of amides is 1. The Morgan fingerprint density at radius 3 is 2.47 bits per heavy atom. The maximum Gasteiger partial charge on any atom is 0.229 e. The molecular formula is C15H19Cl2NO. The van der Waals surface area contributed by atoms with Crippen molar-refractivity contribution in [1.82, 2.24) is 5.32 Å². The molecule has 1 fully saturated rings. The third kappa shape index (κ3) is 2.61. The first kappa shape index (κ1) is 14.7. The number of hydrogen-bond acceptors (Lipinski definition) is 1. The maximum atomic E-state index is 12.2. The van der Waals surface area contributed by atoms with Crippen LogP contribution in [-0.4, -0.2) is 10.2 Å². The molecule has 19 heavy (non-hydrogen) atoms. The normalized spacial score (nSPS) is 25.8. The van der Waals surface area contributed by atoms with Crippen LogP contribution in [0.25, 0.3) is 0 Å². The summed E-state index contributed by atoms with van der Waals surface area (Å²) < 4.78 is -0.918. The number of benzene rings is 1. The van der Waals surface area contributed by atoms with E-state index in [1.54, 1.807) is 6.92 Å². The van der Waals surface area contributed by atoms with Gasteiger partial charge in [-0.3, -0.25) is 4.79 Å². The number of aryl methyl sites for hydroxylation is 2. The fourth-order valence-electron chi connectivity index (χ4n) is 2.31. The molecule has 0 aliphatic heterocycles. The lowest BCUT2D eigenvalue weighted by atomic mass is 9.99. The Kier molecular flexibility index (Phi) is 3.61. The lowest BCUT2D eigenvalue weighted by Crippen LogP contribution is -2.35. The van der Waals surface area contributed by atoms with Crippen molar-refractivity contribution in [2.75, 3.05) is 0 Å². The van der Waals surface area contributed by atoms with Crippen molar-refractivity contribution >= 4 is 29.1 Å². The molecule has 1 aliphatic rings. The molecule has 0 spiro atoms. The lowest BCUT2D eigenvalue weighted by Gasteiger charge is -2.20. The van der Waals surface area contributed by atoms with Crippen LogP contribution < -0.4 is 5.32 Å². The third-order valence-corrected chi connectivity index (χ3v) is 5.11. The molecule has 1 saturated carbocycles. The Labute approximate surface area is 124 Å². The molecule has 0 saturated heterocycles. The molecule has 2 rings (SSSR count). The predicted octanol–water partition coefficient (Wildman–Crippen LogP) is 4.06. The molecule has 0 radical (unpaired) electrons. The summed E-state index contributed by atoms with van der Waals surface area (Å²) in [6, 6.07) is 6.19.